The van der Waals surface area contributed by atoms with Crippen LogP contribution in [0.25, 0.3) is 99.9 Å². The molecule has 0 spiro atoms. The van der Waals surface area contributed by atoms with Crippen molar-refractivity contribution in [3.05, 3.63) is 187 Å². The first-order valence-corrected chi connectivity index (χ1v) is 18.9. The monoisotopic (exact) mass is 701 g/mol. The van der Waals surface area contributed by atoms with Crippen molar-refractivity contribution >= 4 is 32.3 Å². The van der Waals surface area contributed by atoms with Crippen molar-refractivity contribution in [3.63, 3.8) is 0 Å². The molecule has 0 radical (unpaired) electrons. The molecule has 1 heterocycles. The Labute approximate surface area is 320 Å². The van der Waals surface area contributed by atoms with E-state index in [1.807, 2.05) is 24.3 Å². The summed E-state index contributed by atoms with van der Waals surface area (Å²) in [5.41, 5.74) is 12.5. The van der Waals surface area contributed by atoms with E-state index in [1.54, 1.807) is 0 Å². The molecule has 0 amide bonds. The topological polar surface area (TPSA) is 38.7 Å². The highest BCUT2D eigenvalue weighted by Crippen LogP contribution is 2.53. The van der Waals surface area contributed by atoms with Crippen molar-refractivity contribution in [2.75, 3.05) is 0 Å². The molecular formula is C52H35N3. The highest BCUT2D eigenvalue weighted by atomic mass is 15.0. The molecule has 11 rings (SSSR count). The zero-order valence-electron chi connectivity index (χ0n) is 30.6. The highest BCUT2D eigenvalue weighted by molar-refractivity contribution is 6.25. The Hall–Kier alpha value is -6.97. The zero-order valence-corrected chi connectivity index (χ0v) is 30.6. The predicted molar refractivity (Wildman–Crippen MR) is 228 cm³/mol. The van der Waals surface area contributed by atoms with Crippen molar-refractivity contribution in [3.8, 4) is 67.5 Å². The second-order valence-electron chi connectivity index (χ2n) is 15.2. The normalized spacial score (nSPS) is 13.1. The van der Waals surface area contributed by atoms with E-state index >= 15 is 0 Å². The molecule has 3 nitrogen and oxygen atoms in total. The lowest BCUT2D eigenvalue weighted by atomic mass is 9.79. The molecule has 10 aromatic rings. The molecular weight excluding hydrogens is 667 g/mol. The van der Waals surface area contributed by atoms with Crippen LogP contribution in [0, 0.1) is 0 Å². The molecule has 0 unspecified atom stereocenters. The predicted octanol–water partition coefficient (Wildman–Crippen LogP) is 13.4. The summed E-state index contributed by atoms with van der Waals surface area (Å²) in [5.74, 6) is 2.00. The van der Waals surface area contributed by atoms with Crippen LogP contribution in [0.3, 0.4) is 0 Å². The summed E-state index contributed by atoms with van der Waals surface area (Å²) in [4.78, 5) is 15.5. The fourth-order valence-electron chi connectivity index (χ4n) is 9.01. The summed E-state index contributed by atoms with van der Waals surface area (Å²) in [5, 5.41) is 7.82. The van der Waals surface area contributed by atoms with Gasteiger partial charge in [-0.05, 0) is 82.9 Å². The van der Waals surface area contributed by atoms with Crippen LogP contribution in [0.1, 0.15) is 25.0 Å². The molecule has 1 aromatic heterocycles. The molecule has 1 aliphatic carbocycles. The number of benzene rings is 9. The maximum atomic E-state index is 5.22. The third-order valence-corrected chi connectivity index (χ3v) is 11.7. The van der Waals surface area contributed by atoms with Crippen LogP contribution in [-0.4, -0.2) is 15.0 Å². The average molecular weight is 702 g/mol. The molecule has 0 aliphatic heterocycles. The van der Waals surface area contributed by atoms with Crippen LogP contribution in [0.2, 0.25) is 0 Å². The van der Waals surface area contributed by atoms with Crippen LogP contribution in [-0.2, 0) is 5.41 Å². The molecule has 1 aliphatic rings. The molecule has 9 aromatic carbocycles. The SMILES string of the molecule is CC1(C)c2cc(-c3ccc4ccc5cccc6ccc3c4c56)ccc2-c2cccc(-c3nc(-c4ccccc4)nc(-c4ccc(-c5ccccc5)cc4)n3)c21. The van der Waals surface area contributed by atoms with Gasteiger partial charge in [0, 0.05) is 22.1 Å². The fourth-order valence-corrected chi connectivity index (χ4v) is 9.01. The lowest BCUT2D eigenvalue weighted by molar-refractivity contribution is 0.661. The van der Waals surface area contributed by atoms with Gasteiger partial charge in [0.15, 0.2) is 17.5 Å². The first kappa shape index (κ1) is 31.5. The van der Waals surface area contributed by atoms with Gasteiger partial charge in [-0.1, -0.05) is 184 Å². The first-order chi connectivity index (χ1) is 27.0. The van der Waals surface area contributed by atoms with E-state index in [1.165, 1.54) is 71.3 Å². The van der Waals surface area contributed by atoms with E-state index in [9.17, 15) is 0 Å². The van der Waals surface area contributed by atoms with Gasteiger partial charge in [-0.2, -0.15) is 0 Å². The van der Waals surface area contributed by atoms with E-state index in [2.05, 4.69) is 166 Å². The zero-order chi connectivity index (χ0) is 36.7. The van der Waals surface area contributed by atoms with E-state index in [-0.39, 0.29) is 5.41 Å². The number of nitrogens with zero attached hydrogens (tertiary/aromatic N) is 3. The molecule has 0 saturated carbocycles. The number of fused-ring (bicyclic) bond motifs is 3. The third-order valence-electron chi connectivity index (χ3n) is 11.7. The minimum Gasteiger partial charge on any atom is -0.208 e. The largest absolute Gasteiger partial charge is 0.208 e. The quantitative estimate of drug-likeness (QED) is 0.168. The Morgan fingerprint density at radius 3 is 1.58 bits per heavy atom. The lowest BCUT2D eigenvalue weighted by Crippen LogP contribution is -2.17. The van der Waals surface area contributed by atoms with Crippen molar-refractivity contribution < 1.29 is 0 Å². The van der Waals surface area contributed by atoms with Gasteiger partial charge in [-0.3, -0.25) is 0 Å². The molecule has 0 fully saturated rings. The van der Waals surface area contributed by atoms with Crippen LogP contribution in [0.5, 0.6) is 0 Å². The van der Waals surface area contributed by atoms with Crippen LogP contribution in [0.15, 0.2) is 176 Å². The molecule has 55 heavy (non-hydrogen) atoms. The van der Waals surface area contributed by atoms with Crippen LogP contribution in [0.4, 0.5) is 0 Å². The number of hydrogen-bond donors (Lipinski definition) is 0. The molecule has 0 N–H and O–H groups in total. The van der Waals surface area contributed by atoms with E-state index in [0.717, 1.165) is 22.3 Å². The second kappa shape index (κ2) is 12.0. The minimum atomic E-state index is -0.307. The molecule has 0 bridgehead atoms. The van der Waals surface area contributed by atoms with E-state index in [0.29, 0.717) is 17.5 Å². The smallest absolute Gasteiger partial charge is 0.164 e. The highest BCUT2D eigenvalue weighted by Gasteiger charge is 2.38. The number of aromatic nitrogens is 3. The molecule has 258 valence electrons. The summed E-state index contributed by atoms with van der Waals surface area (Å²) in [7, 11) is 0. The van der Waals surface area contributed by atoms with Gasteiger partial charge < -0.3 is 0 Å². The van der Waals surface area contributed by atoms with Gasteiger partial charge in [-0.25, -0.2) is 15.0 Å². The van der Waals surface area contributed by atoms with Crippen molar-refractivity contribution in [2.45, 2.75) is 19.3 Å². The summed E-state index contributed by atoms with van der Waals surface area (Å²) >= 11 is 0. The van der Waals surface area contributed by atoms with Gasteiger partial charge in [0.2, 0.25) is 0 Å². The van der Waals surface area contributed by atoms with Gasteiger partial charge in [0.05, 0.1) is 0 Å². The van der Waals surface area contributed by atoms with Gasteiger partial charge >= 0.3 is 0 Å². The van der Waals surface area contributed by atoms with Gasteiger partial charge in [0.25, 0.3) is 0 Å². The average Bonchev–Trinajstić information content (AvgIpc) is 3.48. The lowest BCUT2D eigenvalue weighted by Gasteiger charge is -2.24. The Morgan fingerprint density at radius 1 is 0.345 bits per heavy atom. The number of rotatable bonds is 5. The Balaban J connectivity index is 1.05. The van der Waals surface area contributed by atoms with Crippen LogP contribution >= 0.6 is 0 Å². The summed E-state index contributed by atoms with van der Waals surface area (Å²) in [6.45, 7) is 4.69. The first-order valence-electron chi connectivity index (χ1n) is 18.9. The van der Waals surface area contributed by atoms with E-state index in [4.69, 9.17) is 15.0 Å². The summed E-state index contributed by atoms with van der Waals surface area (Å²) < 4.78 is 0. The molecule has 0 atom stereocenters. The number of hydrogen-bond acceptors (Lipinski definition) is 3. The molecule has 0 saturated heterocycles. The fraction of sp³-hybridized carbons (Fsp3) is 0.0577. The van der Waals surface area contributed by atoms with Gasteiger partial charge in [-0.15, -0.1) is 0 Å². The minimum absolute atomic E-state index is 0.307. The maximum Gasteiger partial charge on any atom is 0.164 e. The standard InChI is InChI=1S/C52H35N3/c1-52(2)45-31-39(40-28-25-36-22-21-34-15-9-16-35-26-30-42(40)47(36)46(34)35)27-29-41(45)43-17-10-18-44(48(43)52)51-54-49(37-13-7-4-8-14-37)53-50(55-51)38-23-19-33(20-24-38)32-11-5-3-6-12-32/h3-31H,1-2H3. The maximum absolute atomic E-state index is 5.22. The van der Waals surface area contributed by atoms with Gasteiger partial charge in [0.1, 0.15) is 0 Å². The molecule has 3 heteroatoms. The summed E-state index contributed by atoms with van der Waals surface area (Å²) in [6, 6.07) is 63.1. The van der Waals surface area contributed by atoms with Crippen molar-refractivity contribution in [2.24, 2.45) is 0 Å². The van der Waals surface area contributed by atoms with Crippen molar-refractivity contribution in [1.82, 2.24) is 15.0 Å². The second-order valence-corrected chi connectivity index (χ2v) is 15.2. The van der Waals surface area contributed by atoms with Crippen LogP contribution < -0.4 is 0 Å². The Bertz CT molecular complexity index is 3080. The van der Waals surface area contributed by atoms with Crippen molar-refractivity contribution in [1.29, 1.82) is 0 Å². The Morgan fingerprint density at radius 2 is 0.855 bits per heavy atom. The Kier molecular flexibility index (Phi) is 6.90. The third kappa shape index (κ3) is 4.93. The summed E-state index contributed by atoms with van der Waals surface area (Å²) in [6.07, 6.45) is 0. The van der Waals surface area contributed by atoms with E-state index < -0.39 is 0 Å².